The number of ether oxygens (including phenoxy) is 2. The molecule has 2 aromatic carbocycles. The molecule has 6 heteroatoms. The van der Waals surface area contributed by atoms with Gasteiger partial charge in [0.1, 0.15) is 23.9 Å². The number of rotatable bonds is 11. The van der Waals surface area contributed by atoms with E-state index in [9.17, 15) is 0 Å². The molecule has 2 heterocycles. The molecule has 1 aromatic heterocycles. The maximum absolute atomic E-state index is 6.16. The van der Waals surface area contributed by atoms with Crippen molar-refractivity contribution < 1.29 is 9.47 Å². The van der Waals surface area contributed by atoms with Crippen LogP contribution in [-0.4, -0.2) is 60.4 Å². The number of fused-ring (bicyclic) bond motifs is 1. The molecule has 1 N–H and O–H groups in total. The fourth-order valence-corrected chi connectivity index (χ4v) is 4.38. The van der Waals surface area contributed by atoms with E-state index in [0.717, 1.165) is 92.5 Å². The van der Waals surface area contributed by atoms with Gasteiger partial charge in [-0.05, 0) is 42.5 Å². The van der Waals surface area contributed by atoms with Gasteiger partial charge in [-0.25, -0.2) is 4.98 Å². The number of hydrogen-bond acceptors (Lipinski definition) is 5. The molecule has 0 amide bonds. The lowest BCUT2D eigenvalue weighted by atomic mass is 9.93. The van der Waals surface area contributed by atoms with Crippen molar-refractivity contribution in [1.82, 2.24) is 19.8 Å². The highest BCUT2D eigenvalue weighted by Crippen LogP contribution is 2.30. The van der Waals surface area contributed by atoms with Gasteiger partial charge in [-0.1, -0.05) is 46.2 Å². The first kappa shape index (κ1) is 25.5. The number of hydrogen-bond donors (Lipinski definition) is 1. The summed E-state index contributed by atoms with van der Waals surface area (Å²) in [7, 11) is 0. The van der Waals surface area contributed by atoms with Crippen LogP contribution in [0, 0.1) is 5.41 Å². The molecule has 0 bridgehead atoms. The van der Waals surface area contributed by atoms with E-state index in [0.29, 0.717) is 13.2 Å². The van der Waals surface area contributed by atoms with Crippen LogP contribution in [0.3, 0.4) is 0 Å². The molecular formula is C29H42N4O2. The van der Waals surface area contributed by atoms with Gasteiger partial charge >= 0.3 is 0 Å². The lowest BCUT2D eigenvalue weighted by Crippen LogP contribution is -2.44. The summed E-state index contributed by atoms with van der Waals surface area (Å²) in [6.45, 7) is 16.6. The molecule has 1 fully saturated rings. The minimum Gasteiger partial charge on any atom is -0.494 e. The lowest BCUT2D eigenvalue weighted by molar-refractivity contribution is 0.191. The van der Waals surface area contributed by atoms with Crippen molar-refractivity contribution in [1.29, 1.82) is 0 Å². The number of aromatic nitrogens is 2. The highest BCUT2D eigenvalue weighted by Gasteiger charge is 2.15. The van der Waals surface area contributed by atoms with Gasteiger partial charge in [0.15, 0.2) is 0 Å². The predicted octanol–water partition coefficient (Wildman–Crippen LogP) is 5.60. The van der Waals surface area contributed by atoms with Gasteiger partial charge < -0.3 is 19.4 Å². The summed E-state index contributed by atoms with van der Waals surface area (Å²) in [6, 6.07) is 14.6. The van der Waals surface area contributed by atoms with Crippen molar-refractivity contribution in [3.63, 3.8) is 0 Å². The van der Waals surface area contributed by atoms with Gasteiger partial charge in [0, 0.05) is 50.9 Å². The van der Waals surface area contributed by atoms with Crippen molar-refractivity contribution in [2.45, 2.75) is 53.5 Å². The highest BCUT2D eigenvalue weighted by atomic mass is 16.5. The number of benzene rings is 2. The molecule has 1 aliphatic heterocycles. The molecule has 4 rings (SSSR count). The molecule has 6 nitrogen and oxygen atoms in total. The van der Waals surface area contributed by atoms with E-state index in [4.69, 9.17) is 14.5 Å². The Morgan fingerprint density at radius 2 is 1.71 bits per heavy atom. The van der Waals surface area contributed by atoms with E-state index < -0.39 is 0 Å². The standard InChI is InChI=1S/C29H42N4O2/c1-5-6-15-33-27-22-25(35-20-18-32-16-13-30-14-17-32)10-11-26(27)31-28(33)23-8-7-9-24(21-23)34-19-12-29(2,3)4/h7-11,21-22,30H,5-6,12-20H2,1-4H3. The molecule has 0 unspecified atom stereocenters. The number of nitrogens with one attached hydrogen (secondary N) is 1. The van der Waals surface area contributed by atoms with Crippen LogP contribution in [0.25, 0.3) is 22.4 Å². The van der Waals surface area contributed by atoms with Gasteiger partial charge in [0.2, 0.25) is 0 Å². The first-order valence-corrected chi connectivity index (χ1v) is 13.2. The highest BCUT2D eigenvalue weighted by molar-refractivity contribution is 5.82. The molecule has 1 saturated heterocycles. The van der Waals surface area contributed by atoms with Crippen LogP contribution < -0.4 is 14.8 Å². The number of nitrogens with zero attached hydrogens (tertiary/aromatic N) is 3. The van der Waals surface area contributed by atoms with Crippen molar-refractivity contribution in [3.8, 4) is 22.9 Å². The fourth-order valence-electron chi connectivity index (χ4n) is 4.38. The maximum atomic E-state index is 6.16. The molecule has 0 radical (unpaired) electrons. The summed E-state index contributed by atoms with van der Waals surface area (Å²) in [6.07, 6.45) is 3.26. The molecule has 3 aromatic rings. The largest absolute Gasteiger partial charge is 0.494 e. The van der Waals surface area contributed by atoms with Crippen LogP contribution in [0.1, 0.15) is 47.0 Å². The van der Waals surface area contributed by atoms with E-state index >= 15 is 0 Å². The second-order valence-electron chi connectivity index (χ2n) is 10.7. The van der Waals surface area contributed by atoms with Crippen LogP contribution in [-0.2, 0) is 6.54 Å². The van der Waals surface area contributed by atoms with E-state index in [1.54, 1.807) is 0 Å². The normalized spacial score (nSPS) is 15.0. The van der Waals surface area contributed by atoms with Crippen LogP contribution in [0.15, 0.2) is 42.5 Å². The maximum Gasteiger partial charge on any atom is 0.141 e. The second kappa shape index (κ2) is 11.9. The summed E-state index contributed by atoms with van der Waals surface area (Å²) in [5, 5.41) is 3.40. The fraction of sp³-hybridized carbons (Fsp3) is 0.552. The van der Waals surface area contributed by atoms with Gasteiger partial charge in [0.05, 0.1) is 17.6 Å². The van der Waals surface area contributed by atoms with Crippen LogP contribution in [0.2, 0.25) is 0 Å². The van der Waals surface area contributed by atoms with Gasteiger partial charge in [-0.3, -0.25) is 4.90 Å². The average Bonchev–Trinajstić information content (AvgIpc) is 3.20. The van der Waals surface area contributed by atoms with Crippen molar-refractivity contribution >= 4 is 11.0 Å². The molecular weight excluding hydrogens is 436 g/mol. The Morgan fingerprint density at radius 3 is 2.49 bits per heavy atom. The van der Waals surface area contributed by atoms with Crippen LogP contribution >= 0.6 is 0 Å². The van der Waals surface area contributed by atoms with Gasteiger partial charge in [-0.15, -0.1) is 0 Å². The minimum absolute atomic E-state index is 0.260. The Kier molecular flexibility index (Phi) is 8.69. The Hall–Kier alpha value is -2.57. The minimum atomic E-state index is 0.260. The first-order chi connectivity index (χ1) is 16.9. The van der Waals surface area contributed by atoms with E-state index in [-0.39, 0.29) is 5.41 Å². The predicted molar refractivity (Wildman–Crippen MR) is 144 cm³/mol. The molecule has 35 heavy (non-hydrogen) atoms. The van der Waals surface area contributed by atoms with Gasteiger partial charge in [0.25, 0.3) is 0 Å². The molecule has 0 spiro atoms. The van der Waals surface area contributed by atoms with Gasteiger partial charge in [-0.2, -0.15) is 0 Å². The third-order valence-corrected chi connectivity index (χ3v) is 6.55. The lowest BCUT2D eigenvalue weighted by Gasteiger charge is -2.26. The zero-order valence-corrected chi connectivity index (χ0v) is 22.0. The second-order valence-corrected chi connectivity index (χ2v) is 10.7. The molecule has 190 valence electrons. The monoisotopic (exact) mass is 478 g/mol. The number of piperazine rings is 1. The number of aryl methyl sites for hydroxylation is 1. The zero-order valence-electron chi connectivity index (χ0n) is 22.0. The number of imidazole rings is 1. The molecule has 1 aliphatic rings. The molecule has 0 saturated carbocycles. The van der Waals surface area contributed by atoms with Crippen LogP contribution in [0.5, 0.6) is 11.5 Å². The van der Waals surface area contributed by atoms with Crippen molar-refractivity contribution in [3.05, 3.63) is 42.5 Å². The SMILES string of the molecule is CCCCn1c(-c2cccc(OCCC(C)(C)C)c2)nc2ccc(OCCN3CCNCC3)cc21. The Balaban J connectivity index is 1.52. The van der Waals surface area contributed by atoms with Crippen molar-refractivity contribution in [2.24, 2.45) is 5.41 Å². The Labute approximate surface area is 210 Å². The first-order valence-electron chi connectivity index (χ1n) is 13.2. The van der Waals surface area contributed by atoms with Crippen LogP contribution in [0.4, 0.5) is 0 Å². The Morgan fingerprint density at radius 1 is 0.943 bits per heavy atom. The molecule has 0 aliphatic carbocycles. The molecule has 0 atom stereocenters. The van der Waals surface area contributed by atoms with E-state index in [1.807, 2.05) is 12.1 Å². The van der Waals surface area contributed by atoms with Crippen molar-refractivity contribution in [2.75, 3.05) is 45.9 Å². The summed E-state index contributed by atoms with van der Waals surface area (Å²) >= 11 is 0. The zero-order chi connectivity index (χ0) is 24.7. The summed E-state index contributed by atoms with van der Waals surface area (Å²) in [5.41, 5.74) is 3.49. The summed E-state index contributed by atoms with van der Waals surface area (Å²) in [4.78, 5) is 7.48. The number of unbranched alkanes of at least 4 members (excludes halogenated alkanes) is 1. The third kappa shape index (κ3) is 7.21. The Bertz CT molecular complexity index is 1080. The smallest absolute Gasteiger partial charge is 0.141 e. The third-order valence-electron chi connectivity index (χ3n) is 6.55. The van der Waals surface area contributed by atoms with E-state index in [2.05, 4.69) is 72.8 Å². The van der Waals surface area contributed by atoms with E-state index in [1.165, 1.54) is 0 Å². The quantitative estimate of drug-likeness (QED) is 0.389. The topological polar surface area (TPSA) is 51.6 Å². The average molecular weight is 479 g/mol. The summed E-state index contributed by atoms with van der Waals surface area (Å²) in [5.74, 6) is 2.81. The summed E-state index contributed by atoms with van der Waals surface area (Å²) < 4.78 is 14.6.